The molecule has 116 valence electrons. The molecule has 1 amide bonds. The number of hydrogen-bond acceptors (Lipinski definition) is 3. The van der Waals surface area contributed by atoms with Crippen molar-refractivity contribution in [3.63, 3.8) is 0 Å². The van der Waals surface area contributed by atoms with Gasteiger partial charge in [0.05, 0.1) is 11.5 Å². The van der Waals surface area contributed by atoms with Crippen LogP contribution in [0.2, 0.25) is 0 Å². The van der Waals surface area contributed by atoms with Crippen LogP contribution in [0.4, 0.5) is 0 Å². The van der Waals surface area contributed by atoms with Crippen LogP contribution >= 0.6 is 0 Å². The first-order valence-corrected chi connectivity index (χ1v) is 7.36. The van der Waals surface area contributed by atoms with Gasteiger partial charge in [-0.05, 0) is 32.1 Å². The van der Waals surface area contributed by atoms with Gasteiger partial charge in [-0.15, -0.1) is 0 Å². The topological polar surface area (TPSA) is 66.8 Å². The van der Waals surface area contributed by atoms with E-state index < -0.39 is 11.4 Å². The third-order valence-electron chi connectivity index (χ3n) is 4.46. The highest BCUT2D eigenvalue weighted by Gasteiger charge is 2.39. The van der Waals surface area contributed by atoms with E-state index in [-0.39, 0.29) is 24.3 Å². The lowest BCUT2D eigenvalue weighted by molar-refractivity contribution is -0.155. The van der Waals surface area contributed by atoms with E-state index >= 15 is 0 Å². The molecule has 1 fully saturated rings. The second-order valence-corrected chi connectivity index (χ2v) is 6.32. The molecule has 1 saturated heterocycles. The molecule has 0 saturated carbocycles. The molecule has 1 aliphatic heterocycles. The highest BCUT2D eigenvalue weighted by Crippen LogP contribution is 2.32. The third kappa shape index (κ3) is 4.20. The molecule has 0 aromatic carbocycles. The maximum atomic E-state index is 12.2. The highest BCUT2D eigenvalue weighted by molar-refractivity contribution is 5.84. The van der Waals surface area contributed by atoms with Crippen molar-refractivity contribution in [2.24, 2.45) is 11.3 Å². The molecule has 1 N–H and O–H groups in total. The average molecular weight is 285 g/mol. The minimum Gasteiger partial charge on any atom is -0.481 e. The van der Waals surface area contributed by atoms with Crippen LogP contribution in [0.15, 0.2) is 0 Å². The molecule has 1 aliphatic rings. The minimum atomic E-state index is -1.02. The lowest BCUT2D eigenvalue weighted by atomic mass is 9.76. The van der Waals surface area contributed by atoms with Crippen molar-refractivity contribution in [2.75, 3.05) is 20.2 Å². The van der Waals surface area contributed by atoms with Crippen LogP contribution in [0.1, 0.15) is 46.5 Å². The normalized spacial score (nSPS) is 22.4. The first-order valence-electron chi connectivity index (χ1n) is 7.36. The Bertz CT molecular complexity index is 350. The first-order chi connectivity index (χ1) is 9.27. The van der Waals surface area contributed by atoms with Gasteiger partial charge in [-0.3, -0.25) is 9.59 Å². The Kier molecular flexibility index (Phi) is 5.99. The van der Waals surface area contributed by atoms with Gasteiger partial charge in [0.15, 0.2) is 0 Å². The minimum absolute atomic E-state index is 0.0310. The summed E-state index contributed by atoms with van der Waals surface area (Å²) >= 11 is 0. The predicted octanol–water partition coefficient (Wildman–Crippen LogP) is 2.15. The number of carboxylic acids is 1. The molecular formula is C15H27NO4. The van der Waals surface area contributed by atoms with Gasteiger partial charge in [0.1, 0.15) is 0 Å². The lowest BCUT2D eigenvalue weighted by Crippen LogP contribution is -2.42. The Morgan fingerprint density at radius 1 is 1.40 bits per heavy atom. The Hall–Kier alpha value is -1.10. The average Bonchev–Trinajstić information content (AvgIpc) is 2.39. The Labute approximate surface area is 121 Å². The van der Waals surface area contributed by atoms with Crippen LogP contribution < -0.4 is 0 Å². The molecule has 0 aromatic heterocycles. The number of amides is 1. The number of nitrogens with zero attached hydrogens (tertiary/aromatic N) is 1. The monoisotopic (exact) mass is 285 g/mol. The summed E-state index contributed by atoms with van der Waals surface area (Å²) < 4.78 is 5.61. The summed E-state index contributed by atoms with van der Waals surface area (Å²) in [6.07, 6.45) is 3.30. The molecule has 0 spiro atoms. The summed E-state index contributed by atoms with van der Waals surface area (Å²) in [7, 11) is 1.73. The van der Waals surface area contributed by atoms with Gasteiger partial charge in [-0.2, -0.15) is 0 Å². The van der Waals surface area contributed by atoms with Gasteiger partial charge < -0.3 is 14.7 Å². The van der Waals surface area contributed by atoms with Crippen LogP contribution in [0, 0.1) is 11.3 Å². The van der Waals surface area contributed by atoms with Gasteiger partial charge >= 0.3 is 5.97 Å². The molecule has 0 aliphatic carbocycles. The van der Waals surface area contributed by atoms with Crippen LogP contribution in [0.5, 0.6) is 0 Å². The van der Waals surface area contributed by atoms with Crippen molar-refractivity contribution >= 4 is 11.9 Å². The number of carbonyl (C=O) groups excluding carboxylic acids is 1. The largest absolute Gasteiger partial charge is 0.481 e. The molecule has 2 unspecified atom stereocenters. The Balaban J connectivity index is 2.57. The summed E-state index contributed by atoms with van der Waals surface area (Å²) in [5, 5.41) is 9.36. The van der Waals surface area contributed by atoms with Crippen LogP contribution in [-0.2, 0) is 14.3 Å². The summed E-state index contributed by atoms with van der Waals surface area (Å²) in [4.78, 5) is 25.3. The van der Waals surface area contributed by atoms with E-state index in [9.17, 15) is 14.7 Å². The zero-order valence-corrected chi connectivity index (χ0v) is 13.0. The molecule has 2 atom stereocenters. The number of carboxylic acid groups (broad SMARTS) is 1. The van der Waals surface area contributed by atoms with E-state index in [1.54, 1.807) is 18.9 Å². The molecule has 1 rings (SSSR count). The van der Waals surface area contributed by atoms with E-state index in [2.05, 4.69) is 0 Å². The van der Waals surface area contributed by atoms with Crippen molar-refractivity contribution in [2.45, 2.75) is 52.6 Å². The third-order valence-corrected chi connectivity index (χ3v) is 4.46. The fourth-order valence-corrected chi connectivity index (χ4v) is 2.33. The molecule has 0 radical (unpaired) electrons. The summed E-state index contributed by atoms with van der Waals surface area (Å²) in [5.41, 5.74) is -1.02. The van der Waals surface area contributed by atoms with E-state index in [1.807, 2.05) is 13.8 Å². The zero-order chi connectivity index (χ0) is 15.3. The second-order valence-electron chi connectivity index (χ2n) is 6.32. The Morgan fingerprint density at radius 2 is 2.05 bits per heavy atom. The number of ether oxygens (including phenoxy) is 1. The number of rotatable bonds is 6. The van der Waals surface area contributed by atoms with Crippen LogP contribution in [0.3, 0.4) is 0 Å². The Morgan fingerprint density at radius 3 is 2.50 bits per heavy atom. The quantitative estimate of drug-likeness (QED) is 0.812. The number of aliphatic carboxylic acids is 1. The number of carbonyl (C=O) groups is 2. The standard InChI is InChI=1S/C15H27NO4/c1-11(2)15(3,14(18)19)9-13(17)16(4)10-12-7-5-6-8-20-12/h11-12H,5-10H2,1-4H3,(H,18,19). The second kappa shape index (κ2) is 7.07. The van der Waals surface area contributed by atoms with Gasteiger partial charge in [0.2, 0.25) is 5.91 Å². The fourth-order valence-electron chi connectivity index (χ4n) is 2.33. The van der Waals surface area contributed by atoms with E-state index in [1.165, 1.54) is 0 Å². The first kappa shape index (κ1) is 17.0. The smallest absolute Gasteiger partial charge is 0.310 e. The SMILES string of the molecule is CC(C)C(C)(CC(=O)N(C)CC1CCCCO1)C(=O)O. The predicted molar refractivity (Wildman–Crippen MR) is 76.4 cm³/mol. The van der Waals surface area contributed by atoms with Crippen molar-refractivity contribution < 1.29 is 19.4 Å². The molecular weight excluding hydrogens is 258 g/mol. The molecule has 1 heterocycles. The maximum Gasteiger partial charge on any atom is 0.310 e. The fraction of sp³-hybridized carbons (Fsp3) is 0.867. The summed E-state index contributed by atoms with van der Waals surface area (Å²) in [6, 6.07) is 0. The molecule has 5 nitrogen and oxygen atoms in total. The highest BCUT2D eigenvalue weighted by atomic mass is 16.5. The van der Waals surface area contributed by atoms with Gasteiger partial charge in [0, 0.05) is 26.6 Å². The van der Waals surface area contributed by atoms with E-state index in [4.69, 9.17) is 4.74 Å². The van der Waals surface area contributed by atoms with Crippen molar-refractivity contribution in [3.05, 3.63) is 0 Å². The number of likely N-dealkylation sites (N-methyl/N-ethyl adjacent to an activating group) is 1. The van der Waals surface area contributed by atoms with Crippen molar-refractivity contribution in [1.29, 1.82) is 0 Å². The number of hydrogen-bond donors (Lipinski definition) is 1. The van der Waals surface area contributed by atoms with Crippen LogP contribution in [0.25, 0.3) is 0 Å². The zero-order valence-electron chi connectivity index (χ0n) is 13.0. The van der Waals surface area contributed by atoms with Crippen molar-refractivity contribution in [1.82, 2.24) is 4.90 Å². The summed E-state index contributed by atoms with van der Waals surface area (Å²) in [6.45, 7) is 6.62. The summed E-state index contributed by atoms with van der Waals surface area (Å²) in [5.74, 6) is -1.13. The van der Waals surface area contributed by atoms with Gasteiger partial charge in [-0.25, -0.2) is 0 Å². The molecule has 20 heavy (non-hydrogen) atoms. The molecule has 0 aromatic rings. The van der Waals surface area contributed by atoms with Gasteiger partial charge in [0.25, 0.3) is 0 Å². The lowest BCUT2D eigenvalue weighted by Gasteiger charge is -2.32. The maximum absolute atomic E-state index is 12.2. The van der Waals surface area contributed by atoms with E-state index in [0.29, 0.717) is 6.54 Å². The molecule has 0 bridgehead atoms. The van der Waals surface area contributed by atoms with Crippen LogP contribution in [-0.4, -0.2) is 48.2 Å². The van der Waals surface area contributed by atoms with E-state index in [0.717, 1.165) is 25.9 Å². The van der Waals surface area contributed by atoms with Gasteiger partial charge in [-0.1, -0.05) is 13.8 Å². The van der Waals surface area contributed by atoms with Crippen molar-refractivity contribution in [3.8, 4) is 0 Å². The molecule has 5 heteroatoms.